The van der Waals surface area contributed by atoms with Crippen molar-refractivity contribution >= 4 is 37.3 Å². The van der Waals surface area contributed by atoms with E-state index in [-0.39, 0.29) is 10.8 Å². The van der Waals surface area contributed by atoms with Crippen molar-refractivity contribution in [2.75, 3.05) is 6.54 Å². The van der Waals surface area contributed by atoms with Gasteiger partial charge in [-0.05, 0) is 43.7 Å². The number of halogens is 1. The van der Waals surface area contributed by atoms with Crippen LogP contribution in [-0.4, -0.2) is 20.1 Å². The van der Waals surface area contributed by atoms with Crippen molar-refractivity contribution in [3.63, 3.8) is 0 Å². The number of aliphatic hydroxyl groups is 1. The summed E-state index contributed by atoms with van der Waals surface area (Å²) in [7, 11) is -3.59. The van der Waals surface area contributed by atoms with Crippen molar-refractivity contribution < 1.29 is 13.5 Å². The average Bonchev–Trinajstić information content (AvgIpc) is 2.85. The molecule has 0 saturated heterocycles. The molecule has 1 aromatic carbocycles. The molecule has 1 aromatic heterocycles. The molecule has 1 heterocycles. The highest BCUT2D eigenvalue weighted by molar-refractivity contribution is 9.10. The van der Waals surface area contributed by atoms with E-state index in [1.54, 1.807) is 43.3 Å². The smallest absolute Gasteiger partial charge is 0.250 e. The molecule has 2 rings (SSSR count). The zero-order valence-corrected chi connectivity index (χ0v) is 14.8. The molecule has 7 heteroatoms. The Morgan fingerprint density at radius 3 is 2.38 bits per heavy atom. The van der Waals surface area contributed by atoms with E-state index in [2.05, 4.69) is 20.7 Å². The number of hydrogen-bond donors (Lipinski definition) is 2. The maximum absolute atomic E-state index is 12.2. The van der Waals surface area contributed by atoms with Gasteiger partial charge in [0.15, 0.2) is 0 Å². The molecule has 0 amide bonds. The van der Waals surface area contributed by atoms with Crippen LogP contribution >= 0.6 is 27.3 Å². The van der Waals surface area contributed by atoms with Crippen LogP contribution in [0.1, 0.15) is 17.4 Å². The van der Waals surface area contributed by atoms with Crippen molar-refractivity contribution in [3.05, 3.63) is 51.3 Å². The maximum Gasteiger partial charge on any atom is 0.250 e. The Balaban J connectivity index is 2.12. The Bertz CT molecular complexity index is 721. The fourth-order valence-corrected chi connectivity index (χ4v) is 4.50. The number of benzene rings is 1. The number of sulfonamides is 1. The summed E-state index contributed by atoms with van der Waals surface area (Å²) in [5.74, 6) is 0. The van der Waals surface area contributed by atoms with Gasteiger partial charge in [-0.2, -0.15) is 0 Å². The predicted octanol–water partition coefficient (Wildman–Crippen LogP) is 3.01. The Morgan fingerprint density at radius 1 is 1.24 bits per heavy atom. The summed E-state index contributed by atoms with van der Waals surface area (Å²) in [6, 6.07) is 10.5. The van der Waals surface area contributed by atoms with E-state index in [9.17, 15) is 13.5 Å². The quantitative estimate of drug-likeness (QED) is 0.825. The highest BCUT2D eigenvalue weighted by Crippen LogP contribution is 2.24. The second kappa shape index (κ2) is 6.18. The standard InChI is InChI=1S/C14H16BrNO3S2/c1-10-3-8-13(20-10)21(18,19)16-9-14(2,17)11-4-6-12(15)7-5-11/h3-8,16-17H,9H2,1-2H3. The molecule has 0 spiro atoms. The molecule has 0 aliphatic heterocycles. The summed E-state index contributed by atoms with van der Waals surface area (Å²) in [6.45, 7) is 3.34. The lowest BCUT2D eigenvalue weighted by atomic mass is 9.97. The molecule has 4 nitrogen and oxygen atoms in total. The number of hydrogen-bond acceptors (Lipinski definition) is 4. The van der Waals surface area contributed by atoms with Crippen LogP contribution in [0.15, 0.2) is 45.1 Å². The van der Waals surface area contributed by atoms with Crippen molar-refractivity contribution in [1.29, 1.82) is 0 Å². The predicted molar refractivity (Wildman–Crippen MR) is 88.0 cm³/mol. The largest absolute Gasteiger partial charge is 0.384 e. The number of aryl methyl sites for hydroxylation is 1. The molecule has 0 radical (unpaired) electrons. The van der Waals surface area contributed by atoms with E-state index < -0.39 is 15.6 Å². The first-order valence-corrected chi connectivity index (χ1v) is 9.34. The third-order valence-electron chi connectivity index (χ3n) is 3.05. The number of rotatable bonds is 5. The summed E-state index contributed by atoms with van der Waals surface area (Å²) >= 11 is 4.53. The van der Waals surface area contributed by atoms with Crippen LogP contribution in [0.4, 0.5) is 0 Å². The molecule has 114 valence electrons. The molecule has 0 aliphatic rings. The van der Waals surface area contributed by atoms with E-state index in [0.29, 0.717) is 5.56 Å². The zero-order valence-electron chi connectivity index (χ0n) is 11.6. The molecule has 21 heavy (non-hydrogen) atoms. The second-order valence-corrected chi connectivity index (χ2v) is 9.17. The molecule has 0 aliphatic carbocycles. The third kappa shape index (κ3) is 4.14. The van der Waals surface area contributed by atoms with E-state index >= 15 is 0 Å². The lowest BCUT2D eigenvalue weighted by Gasteiger charge is -2.24. The first-order chi connectivity index (χ1) is 9.71. The number of thiophene rings is 1. The average molecular weight is 390 g/mol. The van der Waals surface area contributed by atoms with Gasteiger partial charge in [-0.1, -0.05) is 28.1 Å². The van der Waals surface area contributed by atoms with Crippen molar-refractivity contribution in [1.82, 2.24) is 4.72 Å². The lowest BCUT2D eigenvalue weighted by Crippen LogP contribution is -2.38. The van der Waals surface area contributed by atoms with Crippen LogP contribution in [0, 0.1) is 6.92 Å². The summed E-state index contributed by atoms with van der Waals surface area (Å²) in [6.07, 6.45) is 0. The van der Waals surface area contributed by atoms with E-state index in [1.165, 1.54) is 11.3 Å². The fourth-order valence-electron chi connectivity index (χ4n) is 1.77. The van der Waals surface area contributed by atoms with Crippen LogP contribution in [0.3, 0.4) is 0 Å². The molecule has 0 fully saturated rings. The van der Waals surface area contributed by atoms with Gasteiger partial charge in [-0.3, -0.25) is 0 Å². The maximum atomic E-state index is 12.2. The molecule has 1 atom stereocenters. The highest BCUT2D eigenvalue weighted by atomic mass is 79.9. The van der Waals surface area contributed by atoms with Gasteiger partial charge in [-0.25, -0.2) is 13.1 Å². The summed E-state index contributed by atoms with van der Waals surface area (Å²) in [4.78, 5) is 0.926. The Labute approximate surface area is 137 Å². The minimum Gasteiger partial charge on any atom is -0.384 e. The molecule has 1 unspecified atom stereocenters. The van der Waals surface area contributed by atoms with E-state index in [1.807, 2.05) is 6.92 Å². The third-order valence-corrected chi connectivity index (χ3v) is 6.48. The minimum atomic E-state index is -3.59. The van der Waals surface area contributed by atoms with Crippen LogP contribution in [0.2, 0.25) is 0 Å². The molecular weight excluding hydrogens is 374 g/mol. The van der Waals surface area contributed by atoms with Crippen molar-refractivity contribution in [2.24, 2.45) is 0 Å². The SMILES string of the molecule is Cc1ccc(S(=O)(=O)NCC(C)(O)c2ccc(Br)cc2)s1. The zero-order chi connectivity index (χ0) is 15.7. The van der Waals surface area contributed by atoms with Gasteiger partial charge in [-0.15, -0.1) is 11.3 Å². The van der Waals surface area contributed by atoms with Crippen LogP contribution in [0.25, 0.3) is 0 Å². The van der Waals surface area contributed by atoms with Crippen molar-refractivity contribution in [3.8, 4) is 0 Å². The van der Waals surface area contributed by atoms with Crippen LogP contribution in [0.5, 0.6) is 0 Å². The van der Waals surface area contributed by atoms with Gasteiger partial charge in [0.25, 0.3) is 0 Å². The monoisotopic (exact) mass is 389 g/mol. The number of nitrogens with one attached hydrogen (secondary N) is 1. The van der Waals surface area contributed by atoms with Crippen LogP contribution < -0.4 is 4.72 Å². The van der Waals surface area contributed by atoms with Gasteiger partial charge < -0.3 is 5.11 Å². The Morgan fingerprint density at radius 2 is 1.86 bits per heavy atom. The fraction of sp³-hybridized carbons (Fsp3) is 0.286. The van der Waals surface area contributed by atoms with E-state index in [4.69, 9.17) is 0 Å². The molecule has 0 bridgehead atoms. The normalized spacial score (nSPS) is 14.9. The summed E-state index contributed by atoms with van der Waals surface area (Å²) in [5.41, 5.74) is -0.629. The Hall–Kier alpha value is -0.730. The van der Waals surface area contributed by atoms with Crippen LogP contribution in [-0.2, 0) is 15.6 Å². The van der Waals surface area contributed by atoms with Crippen molar-refractivity contribution in [2.45, 2.75) is 23.7 Å². The summed E-state index contributed by atoms with van der Waals surface area (Å²) in [5, 5.41) is 10.5. The van der Waals surface area contributed by atoms with Gasteiger partial charge >= 0.3 is 0 Å². The first kappa shape index (κ1) is 16.6. The molecule has 2 aromatic rings. The molecule has 2 N–H and O–H groups in total. The van der Waals surface area contributed by atoms with Gasteiger partial charge in [0.1, 0.15) is 9.81 Å². The minimum absolute atomic E-state index is 0.0894. The van der Waals surface area contributed by atoms with Gasteiger partial charge in [0, 0.05) is 15.9 Å². The molecular formula is C14H16BrNO3S2. The summed E-state index contributed by atoms with van der Waals surface area (Å²) < 4.78 is 27.9. The van der Waals surface area contributed by atoms with Gasteiger partial charge in [0.05, 0.1) is 0 Å². The first-order valence-electron chi connectivity index (χ1n) is 6.25. The molecule has 0 saturated carbocycles. The second-order valence-electron chi connectivity index (χ2n) is 4.97. The highest BCUT2D eigenvalue weighted by Gasteiger charge is 2.26. The Kier molecular flexibility index (Phi) is 4.89. The topological polar surface area (TPSA) is 66.4 Å². The van der Waals surface area contributed by atoms with E-state index in [0.717, 1.165) is 9.35 Å². The van der Waals surface area contributed by atoms with Gasteiger partial charge in [0.2, 0.25) is 10.0 Å². The lowest BCUT2D eigenvalue weighted by molar-refractivity contribution is 0.0627.